The van der Waals surface area contributed by atoms with Crippen molar-refractivity contribution < 1.29 is 4.79 Å². The van der Waals surface area contributed by atoms with E-state index >= 15 is 0 Å². The van der Waals surface area contributed by atoms with Crippen molar-refractivity contribution in [1.82, 2.24) is 14.5 Å². The van der Waals surface area contributed by atoms with Gasteiger partial charge in [0.1, 0.15) is 0 Å². The number of piperidine rings is 1. The Bertz CT molecular complexity index is 931. The van der Waals surface area contributed by atoms with Crippen LogP contribution in [0.1, 0.15) is 25.3 Å². The molecule has 1 saturated heterocycles. The summed E-state index contributed by atoms with van der Waals surface area (Å²) in [7, 11) is 2.13. The molecule has 2 aromatic carbocycles. The molecule has 1 N–H and O–H groups in total. The average Bonchev–Trinajstić information content (AvgIpc) is 3.08. The van der Waals surface area contributed by atoms with Crippen LogP contribution in [0.4, 0.5) is 5.69 Å². The molecule has 3 aromatic rings. The zero-order chi connectivity index (χ0) is 18.8. The van der Waals surface area contributed by atoms with Crippen molar-refractivity contribution in [3.05, 3.63) is 60.4 Å². The number of anilines is 1. The molecule has 0 saturated carbocycles. The molecule has 5 nitrogen and oxygen atoms in total. The molecule has 1 fully saturated rings. The van der Waals surface area contributed by atoms with Crippen LogP contribution in [0.2, 0.25) is 0 Å². The van der Waals surface area contributed by atoms with Crippen LogP contribution in [0.15, 0.2) is 54.9 Å². The summed E-state index contributed by atoms with van der Waals surface area (Å²) in [6.45, 7) is 3.94. The lowest BCUT2D eigenvalue weighted by Crippen LogP contribution is -2.41. The van der Waals surface area contributed by atoms with Gasteiger partial charge in [-0.25, -0.2) is 4.98 Å². The molecule has 0 bridgehead atoms. The van der Waals surface area contributed by atoms with Crippen LogP contribution < -0.4 is 5.32 Å². The molecule has 4 rings (SSSR count). The summed E-state index contributed by atoms with van der Waals surface area (Å²) in [4.78, 5) is 19.3. The number of carbonyl (C=O) groups is 1. The Labute approximate surface area is 160 Å². The Hall–Kier alpha value is -2.66. The zero-order valence-corrected chi connectivity index (χ0v) is 15.9. The maximum absolute atomic E-state index is 12.6. The number of hydrogen-bond donors (Lipinski definition) is 1. The highest BCUT2D eigenvalue weighted by Crippen LogP contribution is 2.23. The molecular formula is C22H26N4O. The minimum absolute atomic E-state index is 0.105. The monoisotopic (exact) mass is 362 g/mol. The molecule has 1 aliphatic rings. The molecule has 0 aliphatic carbocycles. The lowest BCUT2D eigenvalue weighted by Gasteiger charge is -2.34. The van der Waals surface area contributed by atoms with Gasteiger partial charge in [-0.15, -0.1) is 0 Å². The number of hydrogen-bond acceptors (Lipinski definition) is 3. The Morgan fingerprint density at radius 1 is 1.19 bits per heavy atom. The van der Waals surface area contributed by atoms with Gasteiger partial charge in [0.05, 0.1) is 17.4 Å². The van der Waals surface area contributed by atoms with Crippen LogP contribution in [0.25, 0.3) is 11.0 Å². The number of amides is 1. The van der Waals surface area contributed by atoms with E-state index in [0.29, 0.717) is 6.04 Å². The number of carbonyl (C=O) groups excluding carboxylic acids is 1. The van der Waals surface area contributed by atoms with E-state index in [4.69, 9.17) is 0 Å². The molecule has 1 aliphatic heterocycles. The second-order valence-electron chi connectivity index (χ2n) is 7.60. The highest BCUT2D eigenvalue weighted by atomic mass is 16.1. The Balaban J connectivity index is 1.39. The zero-order valence-electron chi connectivity index (χ0n) is 15.9. The summed E-state index contributed by atoms with van der Waals surface area (Å²) in [6, 6.07) is 16.7. The number of rotatable bonds is 4. The highest BCUT2D eigenvalue weighted by Gasteiger charge is 2.27. The van der Waals surface area contributed by atoms with Crippen molar-refractivity contribution in [1.29, 1.82) is 0 Å². The summed E-state index contributed by atoms with van der Waals surface area (Å²) in [5.41, 5.74) is 4.19. The number of nitrogens with zero attached hydrogens (tertiary/aromatic N) is 3. The first kappa shape index (κ1) is 17.7. The smallest absolute Gasteiger partial charge is 0.227 e. The molecule has 0 spiro atoms. The van der Waals surface area contributed by atoms with Gasteiger partial charge in [0.15, 0.2) is 0 Å². The summed E-state index contributed by atoms with van der Waals surface area (Å²) < 4.78 is 2.14. The van der Waals surface area contributed by atoms with Crippen molar-refractivity contribution >= 4 is 22.6 Å². The Kier molecular flexibility index (Phi) is 4.94. The van der Waals surface area contributed by atoms with Gasteiger partial charge in [-0.3, -0.25) is 4.79 Å². The molecular weight excluding hydrogens is 336 g/mol. The van der Waals surface area contributed by atoms with Crippen LogP contribution in [-0.4, -0.2) is 40.0 Å². The van der Waals surface area contributed by atoms with E-state index in [1.807, 2.05) is 36.7 Å². The lowest BCUT2D eigenvalue weighted by molar-refractivity contribution is -0.121. The second-order valence-corrected chi connectivity index (χ2v) is 7.60. The molecule has 1 amide bonds. The van der Waals surface area contributed by atoms with Gasteiger partial charge in [0, 0.05) is 24.2 Å². The molecule has 2 heterocycles. The molecule has 5 heteroatoms. The van der Waals surface area contributed by atoms with Crippen LogP contribution in [0.3, 0.4) is 0 Å². The third-order valence-corrected chi connectivity index (χ3v) is 5.68. The lowest BCUT2D eigenvalue weighted by atomic mass is 9.91. The van der Waals surface area contributed by atoms with E-state index in [-0.39, 0.29) is 11.8 Å². The van der Waals surface area contributed by atoms with Crippen molar-refractivity contribution in [3.63, 3.8) is 0 Å². The summed E-state index contributed by atoms with van der Waals surface area (Å²) in [5.74, 6) is 0.247. The topological polar surface area (TPSA) is 50.2 Å². The normalized spacial score (nSPS) is 20.7. The quantitative estimate of drug-likeness (QED) is 0.769. The van der Waals surface area contributed by atoms with E-state index in [1.54, 1.807) is 0 Å². The van der Waals surface area contributed by atoms with Crippen molar-refractivity contribution in [3.8, 4) is 0 Å². The molecule has 1 aromatic heterocycles. The number of likely N-dealkylation sites (tertiary alicyclic amines) is 1. The van der Waals surface area contributed by atoms with Crippen LogP contribution >= 0.6 is 0 Å². The van der Waals surface area contributed by atoms with E-state index in [2.05, 4.69) is 51.9 Å². The van der Waals surface area contributed by atoms with Gasteiger partial charge in [-0.05, 0) is 63.2 Å². The fraction of sp³-hybridized carbons (Fsp3) is 0.364. The molecule has 2 atom stereocenters. The first-order chi connectivity index (χ1) is 13.1. The van der Waals surface area contributed by atoms with Gasteiger partial charge in [0.25, 0.3) is 0 Å². The number of benzene rings is 2. The highest BCUT2D eigenvalue weighted by molar-refractivity contribution is 5.92. The second kappa shape index (κ2) is 7.53. The molecule has 0 radical (unpaired) electrons. The minimum Gasteiger partial charge on any atom is -0.326 e. The minimum atomic E-state index is 0.105. The third kappa shape index (κ3) is 3.88. The number of imidazole rings is 1. The molecule has 0 unspecified atom stereocenters. The van der Waals surface area contributed by atoms with Crippen molar-refractivity contribution in [2.75, 3.05) is 18.9 Å². The van der Waals surface area contributed by atoms with Crippen molar-refractivity contribution in [2.24, 2.45) is 5.92 Å². The van der Waals surface area contributed by atoms with Crippen LogP contribution in [0, 0.1) is 5.92 Å². The van der Waals surface area contributed by atoms with Gasteiger partial charge in [-0.2, -0.15) is 0 Å². The molecule has 27 heavy (non-hydrogen) atoms. The molecule has 140 valence electrons. The van der Waals surface area contributed by atoms with E-state index in [9.17, 15) is 4.79 Å². The Morgan fingerprint density at radius 2 is 1.96 bits per heavy atom. The summed E-state index contributed by atoms with van der Waals surface area (Å²) >= 11 is 0. The predicted octanol–water partition coefficient (Wildman–Crippen LogP) is 3.75. The fourth-order valence-corrected chi connectivity index (χ4v) is 3.80. The van der Waals surface area contributed by atoms with Gasteiger partial charge in [-0.1, -0.05) is 24.3 Å². The van der Waals surface area contributed by atoms with Gasteiger partial charge >= 0.3 is 0 Å². The number of nitrogens with one attached hydrogen (secondary N) is 1. The van der Waals surface area contributed by atoms with Gasteiger partial charge in [0.2, 0.25) is 5.91 Å². The summed E-state index contributed by atoms with van der Waals surface area (Å²) in [5, 5.41) is 3.09. The first-order valence-corrected chi connectivity index (χ1v) is 9.60. The van der Waals surface area contributed by atoms with Crippen LogP contribution in [0.5, 0.6) is 0 Å². The van der Waals surface area contributed by atoms with Gasteiger partial charge < -0.3 is 14.8 Å². The van der Waals surface area contributed by atoms with E-state index in [0.717, 1.165) is 42.7 Å². The maximum Gasteiger partial charge on any atom is 0.227 e. The van der Waals surface area contributed by atoms with E-state index < -0.39 is 0 Å². The maximum atomic E-state index is 12.6. The van der Waals surface area contributed by atoms with Crippen LogP contribution in [-0.2, 0) is 11.3 Å². The summed E-state index contributed by atoms with van der Waals surface area (Å²) in [6.07, 6.45) is 3.73. The standard InChI is InChI=1S/C22H26N4O/c1-16-13-18(11-12-25(16)2)22(27)24-19-9-7-17(8-10-19)14-26-15-23-20-5-3-4-6-21(20)26/h3-10,15-16,18H,11-14H2,1-2H3,(H,24,27)/t16-,18-/m0/s1. The number of para-hydroxylation sites is 2. The van der Waals surface area contributed by atoms with E-state index in [1.165, 1.54) is 5.56 Å². The largest absolute Gasteiger partial charge is 0.326 e. The average molecular weight is 362 g/mol. The SMILES string of the molecule is C[C@H]1C[C@@H](C(=O)Nc2ccc(Cn3cnc4ccccc43)cc2)CCN1C. The fourth-order valence-electron chi connectivity index (χ4n) is 3.80. The number of aromatic nitrogens is 2. The predicted molar refractivity (Wildman–Crippen MR) is 109 cm³/mol. The third-order valence-electron chi connectivity index (χ3n) is 5.68. The Morgan fingerprint density at radius 3 is 2.74 bits per heavy atom. The van der Waals surface area contributed by atoms with Crippen molar-refractivity contribution in [2.45, 2.75) is 32.4 Å². The number of fused-ring (bicyclic) bond motifs is 1. The first-order valence-electron chi connectivity index (χ1n) is 9.60.